The number of fused-ring (bicyclic) bond motifs is 3. The summed E-state index contributed by atoms with van der Waals surface area (Å²) in [6, 6.07) is 3.00. The van der Waals surface area contributed by atoms with Crippen LogP contribution in [0.15, 0.2) is 12.1 Å². The molecule has 2 unspecified atom stereocenters. The maximum Gasteiger partial charge on any atom is 0.306 e. The minimum atomic E-state index is -2.60. The third kappa shape index (κ3) is 4.34. The van der Waals surface area contributed by atoms with E-state index < -0.39 is 81.5 Å². The first-order chi connectivity index (χ1) is 19.0. The van der Waals surface area contributed by atoms with Crippen LogP contribution in [0.1, 0.15) is 62.9 Å². The van der Waals surface area contributed by atoms with E-state index in [0.717, 1.165) is 0 Å². The Morgan fingerprint density at radius 2 is 1.78 bits per heavy atom. The average molecular weight is 575 g/mol. The summed E-state index contributed by atoms with van der Waals surface area (Å²) in [5.74, 6) is -9.10. The third-order valence-corrected chi connectivity index (χ3v) is 9.71. The molecule has 4 rings (SSSR count). The molecule has 12 nitrogen and oxygen atoms in total. The van der Waals surface area contributed by atoms with Crippen molar-refractivity contribution in [1.29, 1.82) is 0 Å². The fourth-order valence-corrected chi connectivity index (χ4v) is 8.16. The van der Waals surface area contributed by atoms with Crippen molar-refractivity contribution >= 4 is 35.0 Å². The van der Waals surface area contributed by atoms with E-state index in [4.69, 9.17) is 5.73 Å². The molecule has 2 fully saturated rings. The van der Waals surface area contributed by atoms with Crippen LogP contribution in [-0.4, -0.2) is 74.7 Å². The minimum Gasteiger partial charge on any atom is -0.505 e. The van der Waals surface area contributed by atoms with E-state index in [2.05, 4.69) is 10.1 Å². The predicted molar refractivity (Wildman–Crippen MR) is 143 cm³/mol. The standard InChI is InChI=1S/C29H38N2O10/c1-12(2)19-23(36)18(26(30)39)24(37)29(40)25(38)20-22(35)17-13(10-27(20,3)11-28(19,29)4)6-7-14(21(17)34)31-15(32)8-9-16(33)41-5/h6-7,12,18-20,23,25,34,36,38,40H,8-11H2,1-5H3,(H2,30,39)(H,31,32)/t18-,19+,20-,23?,25?,27-,28-,29+/m1/s1. The van der Waals surface area contributed by atoms with Crippen molar-refractivity contribution in [1.82, 2.24) is 0 Å². The number of phenols is 1. The van der Waals surface area contributed by atoms with Crippen molar-refractivity contribution in [3.63, 3.8) is 0 Å². The van der Waals surface area contributed by atoms with E-state index in [1.54, 1.807) is 33.8 Å². The number of aromatic hydroxyl groups is 1. The fraction of sp³-hybridized carbons (Fsp3) is 0.621. The first kappa shape index (κ1) is 30.6. The van der Waals surface area contributed by atoms with Crippen LogP contribution in [0.3, 0.4) is 0 Å². The number of primary amides is 1. The van der Waals surface area contributed by atoms with Gasteiger partial charge in [0.25, 0.3) is 0 Å². The number of hydrogen-bond acceptors (Lipinski definition) is 10. The van der Waals surface area contributed by atoms with Crippen molar-refractivity contribution in [3.05, 3.63) is 23.3 Å². The summed E-state index contributed by atoms with van der Waals surface area (Å²) in [5, 5.41) is 48.6. The maximum absolute atomic E-state index is 14.0. The zero-order valence-corrected chi connectivity index (χ0v) is 23.8. The lowest BCUT2D eigenvalue weighted by Crippen LogP contribution is -2.79. The molecule has 0 radical (unpaired) electrons. The molecule has 3 aliphatic carbocycles. The van der Waals surface area contributed by atoms with E-state index in [9.17, 15) is 44.4 Å². The van der Waals surface area contributed by atoms with Gasteiger partial charge in [-0.2, -0.15) is 0 Å². The molecule has 8 atom stereocenters. The van der Waals surface area contributed by atoms with Gasteiger partial charge in [0, 0.05) is 11.8 Å². The largest absolute Gasteiger partial charge is 0.505 e. The summed E-state index contributed by atoms with van der Waals surface area (Å²) in [4.78, 5) is 63.8. The number of ketones is 2. The summed E-state index contributed by atoms with van der Waals surface area (Å²) in [5.41, 5.74) is 0.601. The number of Topliss-reactive ketones (excluding diaryl/α,β-unsaturated/α-hetero) is 2. The zero-order valence-electron chi connectivity index (χ0n) is 23.8. The van der Waals surface area contributed by atoms with Gasteiger partial charge in [-0.3, -0.25) is 24.0 Å². The van der Waals surface area contributed by atoms with Gasteiger partial charge in [0.2, 0.25) is 11.8 Å². The Morgan fingerprint density at radius 1 is 1.15 bits per heavy atom. The molecule has 1 aromatic rings. The number of carbonyl (C=O) groups excluding carboxylic acids is 5. The highest BCUT2D eigenvalue weighted by molar-refractivity contribution is 6.10. The lowest BCUT2D eigenvalue weighted by molar-refractivity contribution is -0.265. The summed E-state index contributed by atoms with van der Waals surface area (Å²) in [6.45, 7) is 6.88. The second-order valence-corrected chi connectivity index (χ2v) is 12.6. The second kappa shape index (κ2) is 10.2. The number of phenolic OH excluding ortho intramolecular Hbond substituents is 1. The Bertz CT molecular complexity index is 1330. The SMILES string of the molecule is COC(=O)CCC(=O)Nc1ccc2c(c1O)C(=O)[C@@H]1C(O)[C@@]3(O)C(=O)[C@H](C(N)=O)C(O)[C@H](C(C)C)[C@@]3(C)C[C@@]1(C)C2. The quantitative estimate of drug-likeness (QED) is 0.157. The maximum atomic E-state index is 14.0. The summed E-state index contributed by atoms with van der Waals surface area (Å²) < 4.78 is 4.52. The molecule has 0 aliphatic heterocycles. The zero-order chi connectivity index (χ0) is 30.8. The number of nitrogens with one attached hydrogen (secondary N) is 1. The van der Waals surface area contributed by atoms with Gasteiger partial charge in [-0.15, -0.1) is 0 Å². The summed E-state index contributed by atoms with van der Waals surface area (Å²) in [7, 11) is 1.19. The molecular formula is C29H38N2O10. The second-order valence-electron chi connectivity index (χ2n) is 12.6. The van der Waals surface area contributed by atoms with Gasteiger partial charge in [-0.25, -0.2) is 0 Å². The number of anilines is 1. The van der Waals surface area contributed by atoms with Crippen LogP contribution < -0.4 is 11.1 Å². The Kier molecular flexibility index (Phi) is 7.60. The fourth-order valence-electron chi connectivity index (χ4n) is 8.16. The van der Waals surface area contributed by atoms with Crippen molar-refractivity contribution < 1.29 is 49.1 Å². The monoisotopic (exact) mass is 574 g/mol. The molecule has 7 N–H and O–H groups in total. The number of aliphatic hydroxyl groups excluding tert-OH is 2. The molecule has 2 saturated carbocycles. The van der Waals surface area contributed by atoms with Crippen molar-refractivity contribution in [3.8, 4) is 5.75 Å². The van der Waals surface area contributed by atoms with Crippen LogP contribution in [0.2, 0.25) is 0 Å². The third-order valence-electron chi connectivity index (χ3n) is 9.71. The topological polar surface area (TPSA) is 214 Å². The van der Waals surface area contributed by atoms with E-state index in [0.29, 0.717) is 5.56 Å². The van der Waals surface area contributed by atoms with Gasteiger partial charge in [-0.1, -0.05) is 33.8 Å². The number of rotatable bonds is 6. The van der Waals surface area contributed by atoms with Crippen LogP contribution in [0.4, 0.5) is 5.69 Å². The number of nitrogens with two attached hydrogens (primary N) is 1. The number of ether oxygens (including phenoxy) is 1. The van der Waals surface area contributed by atoms with Crippen molar-refractivity contribution in [2.24, 2.45) is 40.2 Å². The molecule has 0 saturated heterocycles. The minimum absolute atomic E-state index is 0.0350. The van der Waals surface area contributed by atoms with Gasteiger partial charge in [0.1, 0.15) is 17.8 Å². The smallest absolute Gasteiger partial charge is 0.306 e. The predicted octanol–water partition coefficient (Wildman–Crippen LogP) is 0.465. The molecule has 1 aromatic carbocycles. The van der Waals surface area contributed by atoms with Gasteiger partial charge in [0.05, 0.1) is 36.8 Å². The molecular weight excluding hydrogens is 536 g/mol. The summed E-state index contributed by atoms with van der Waals surface area (Å²) in [6.07, 6.45) is -3.71. The van der Waals surface area contributed by atoms with E-state index in [-0.39, 0.29) is 42.9 Å². The van der Waals surface area contributed by atoms with Crippen molar-refractivity contribution in [2.45, 2.75) is 71.2 Å². The average Bonchev–Trinajstić information content (AvgIpc) is 2.85. The molecule has 12 heteroatoms. The number of benzene rings is 1. The number of hydrogen-bond donors (Lipinski definition) is 6. The van der Waals surface area contributed by atoms with Gasteiger partial charge in [-0.05, 0) is 41.7 Å². The first-order valence-corrected chi connectivity index (χ1v) is 13.6. The number of amides is 2. The molecule has 0 bridgehead atoms. The molecule has 224 valence electrons. The normalized spacial score (nSPS) is 36.2. The van der Waals surface area contributed by atoms with Crippen molar-refractivity contribution in [2.75, 3.05) is 12.4 Å². The van der Waals surface area contributed by atoms with Crippen LogP contribution in [-0.2, 0) is 30.3 Å². The molecule has 0 heterocycles. The number of esters is 1. The number of methoxy groups -OCH3 is 1. The summed E-state index contributed by atoms with van der Waals surface area (Å²) >= 11 is 0. The van der Waals surface area contributed by atoms with E-state index >= 15 is 0 Å². The Balaban J connectivity index is 1.79. The number of aliphatic hydroxyl groups is 3. The Morgan fingerprint density at radius 3 is 2.34 bits per heavy atom. The van der Waals surface area contributed by atoms with Crippen LogP contribution >= 0.6 is 0 Å². The molecule has 0 spiro atoms. The highest BCUT2D eigenvalue weighted by atomic mass is 16.5. The molecule has 0 aromatic heterocycles. The van der Waals surface area contributed by atoms with Gasteiger partial charge >= 0.3 is 5.97 Å². The molecule has 41 heavy (non-hydrogen) atoms. The van der Waals surface area contributed by atoms with Crippen LogP contribution in [0.5, 0.6) is 5.75 Å². The van der Waals surface area contributed by atoms with E-state index in [1.807, 2.05) is 0 Å². The molecule has 2 amide bonds. The van der Waals surface area contributed by atoms with Gasteiger partial charge < -0.3 is 36.2 Å². The number of carbonyl (C=O) groups is 5. The van der Waals surface area contributed by atoms with Crippen LogP contribution in [0.25, 0.3) is 0 Å². The Labute approximate surface area is 237 Å². The highest BCUT2D eigenvalue weighted by Crippen LogP contribution is 2.65. The Hall–Kier alpha value is -3.35. The van der Waals surface area contributed by atoms with Crippen LogP contribution in [0, 0.1) is 34.5 Å². The first-order valence-electron chi connectivity index (χ1n) is 13.6. The lowest BCUT2D eigenvalue weighted by atomic mass is 9.39. The highest BCUT2D eigenvalue weighted by Gasteiger charge is 2.75. The van der Waals surface area contributed by atoms with Gasteiger partial charge in [0.15, 0.2) is 17.2 Å². The molecule has 3 aliphatic rings. The lowest BCUT2D eigenvalue weighted by Gasteiger charge is -2.66. The van der Waals surface area contributed by atoms with E-state index in [1.165, 1.54) is 13.2 Å².